The Morgan fingerprint density at radius 1 is 1.33 bits per heavy atom. The molecule has 2 aliphatic rings. The number of amides is 1. The van der Waals surface area contributed by atoms with Gasteiger partial charge in [-0.25, -0.2) is 9.78 Å². The highest BCUT2D eigenvalue weighted by molar-refractivity contribution is 6.14. The van der Waals surface area contributed by atoms with E-state index in [1.165, 1.54) is 4.57 Å². The quantitative estimate of drug-likeness (QED) is 0.586. The van der Waals surface area contributed by atoms with Crippen LogP contribution in [0.1, 0.15) is 56.5 Å². The van der Waals surface area contributed by atoms with E-state index in [1.54, 1.807) is 56.3 Å². The van der Waals surface area contributed by atoms with Crippen LogP contribution in [0.15, 0.2) is 30.6 Å². The minimum Gasteiger partial charge on any atom is -0.443 e. The second-order valence-electron chi connectivity index (χ2n) is 10.1. The van der Waals surface area contributed by atoms with Crippen molar-refractivity contribution in [3.8, 4) is 6.07 Å². The van der Waals surface area contributed by atoms with Crippen LogP contribution in [-0.4, -0.2) is 57.8 Å². The first kappa shape index (κ1) is 23.6. The predicted molar refractivity (Wildman–Crippen MR) is 137 cm³/mol. The van der Waals surface area contributed by atoms with Crippen molar-refractivity contribution in [3.63, 3.8) is 0 Å². The average molecular weight is 488 g/mol. The highest BCUT2D eigenvalue weighted by Gasteiger charge is 2.38. The normalized spacial score (nSPS) is 17.4. The maximum absolute atomic E-state index is 14.0. The largest absolute Gasteiger partial charge is 0.443 e. The molecule has 0 radical (unpaired) electrons. The summed E-state index contributed by atoms with van der Waals surface area (Å²) in [6.07, 6.45) is 4.57. The Hall–Kier alpha value is -4.13. The number of nitrogens with one attached hydrogen (secondary N) is 1. The van der Waals surface area contributed by atoms with Gasteiger partial charge in [0.2, 0.25) is 5.95 Å². The van der Waals surface area contributed by atoms with E-state index in [9.17, 15) is 14.9 Å². The number of carbonyl (C=O) groups excluding carboxylic acids is 2. The number of nitriles is 1. The van der Waals surface area contributed by atoms with Crippen molar-refractivity contribution in [1.29, 1.82) is 5.26 Å². The second kappa shape index (κ2) is 8.82. The molecule has 0 saturated carbocycles. The van der Waals surface area contributed by atoms with E-state index >= 15 is 0 Å². The van der Waals surface area contributed by atoms with Gasteiger partial charge in [-0.2, -0.15) is 10.2 Å². The van der Waals surface area contributed by atoms with Crippen molar-refractivity contribution < 1.29 is 14.3 Å². The first-order valence-electron chi connectivity index (χ1n) is 12.2. The van der Waals surface area contributed by atoms with E-state index in [0.29, 0.717) is 52.6 Å². The summed E-state index contributed by atoms with van der Waals surface area (Å²) in [5.41, 5.74) is 1.28. The lowest BCUT2D eigenvalue weighted by Crippen LogP contribution is -2.39. The summed E-state index contributed by atoms with van der Waals surface area (Å²) in [7, 11) is 0. The summed E-state index contributed by atoms with van der Waals surface area (Å²) in [4.78, 5) is 40.0. The van der Waals surface area contributed by atoms with E-state index in [0.717, 1.165) is 19.4 Å². The van der Waals surface area contributed by atoms with Crippen molar-refractivity contribution in [2.45, 2.75) is 52.2 Å². The lowest BCUT2D eigenvalue weighted by atomic mass is 10.1. The number of fused-ring (bicyclic) bond motifs is 4. The molecule has 1 atom stereocenters. The number of ether oxygens (including phenoxy) is 1. The molecule has 1 N–H and O–H groups in total. The second-order valence-corrected chi connectivity index (χ2v) is 10.1. The fraction of sp³-hybridized carbons (Fsp3) is 0.423. The van der Waals surface area contributed by atoms with Crippen LogP contribution in [0.25, 0.3) is 10.9 Å². The van der Waals surface area contributed by atoms with Crippen LogP contribution in [0.2, 0.25) is 0 Å². The van der Waals surface area contributed by atoms with Gasteiger partial charge >= 0.3 is 6.09 Å². The molecule has 0 spiro atoms. The number of hydrogen-bond acceptors (Lipinski definition) is 8. The third kappa shape index (κ3) is 4.11. The molecule has 0 bridgehead atoms. The van der Waals surface area contributed by atoms with E-state index < -0.39 is 11.7 Å². The molecule has 186 valence electrons. The minimum atomic E-state index is -0.691. The Morgan fingerprint density at radius 2 is 2.14 bits per heavy atom. The van der Waals surface area contributed by atoms with Crippen molar-refractivity contribution in [2.24, 2.45) is 0 Å². The monoisotopic (exact) mass is 487 g/mol. The average Bonchev–Trinajstić information content (AvgIpc) is 3.43. The zero-order valence-corrected chi connectivity index (χ0v) is 20.9. The van der Waals surface area contributed by atoms with Crippen molar-refractivity contribution >= 4 is 40.4 Å². The molecule has 5 rings (SSSR count). The van der Waals surface area contributed by atoms with Gasteiger partial charge in [-0.05, 0) is 58.7 Å². The summed E-state index contributed by atoms with van der Waals surface area (Å²) in [6, 6.07) is 7.30. The smallest absolute Gasteiger partial charge is 0.419 e. The van der Waals surface area contributed by atoms with E-state index in [4.69, 9.17) is 4.74 Å². The SMILES string of the molecule is CCNc1ncc2c(n1)N1CCCC1CN(c1cn(C(=O)OC(C)(C)C)c3ccc(C#N)cc13)C2=O. The lowest BCUT2D eigenvalue weighted by Gasteiger charge is -2.26. The molecule has 1 aromatic carbocycles. The number of carbonyl (C=O) groups is 2. The van der Waals surface area contributed by atoms with Crippen LogP contribution in [0.3, 0.4) is 0 Å². The summed E-state index contributed by atoms with van der Waals surface area (Å²) < 4.78 is 7.03. The highest BCUT2D eigenvalue weighted by Crippen LogP contribution is 2.37. The number of nitrogens with zero attached hydrogens (tertiary/aromatic N) is 6. The molecule has 1 unspecified atom stereocenters. The van der Waals surface area contributed by atoms with E-state index in [-0.39, 0.29) is 11.9 Å². The van der Waals surface area contributed by atoms with Gasteiger partial charge < -0.3 is 19.9 Å². The molecule has 10 nitrogen and oxygen atoms in total. The molecular weight excluding hydrogens is 458 g/mol. The molecule has 1 fully saturated rings. The molecule has 2 aromatic heterocycles. The molecule has 1 saturated heterocycles. The van der Waals surface area contributed by atoms with Crippen LogP contribution in [-0.2, 0) is 4.74 Å². The number of rotatable bonds is 3. The van der Waals surface area contributed by atoms with E-state index in [2.05, 4.69) is 26.3 Å². The zero-order valence-electron chi connectivity index (χ0n) is 20.9. The van der Waals surface area contributed by atoms with Gasteiger partial charge in [0.05, 0.1) is 22.8 Å². The summed E-state index contributed by atoms with van der Waals surface area (Å²) in [5.74, 6) is 0.876. The first-order valence-corrected chi connectivity index (χ1v) is 12.2. The number of hydrogen-bond donors (Lipinski definition) is 1. The Kier molecular flexibility index (Phi) is 5.79. The topological polar surface area (TPSA) is 116 Å². The summed E-state index contributed by atoms with van der Waals surface area (Å²) >= 11 is 0. The Labute approximate surface area is 209 Å². The van der Waals surface area contributed by atoms with Gasteiger partial charge in [-0.3, -0.25) is 9.36 Å². The third-order valence-corrected chi connectivity index (χ3v) is 6.42. The molecule has 10 heteroatoms. The summed E-state index contributed by atoms with van der Waals surface area (Å²) in [6.45, 7) is 9.28. The van der Waals surface area contributed by atoms with Gasteiger partial charge in [0.15, 0.2) is 0 Å². The van der Waals surface area contributed by atoms with Crippen molar-refractivity contribution in [2.75, 3.05) is 34.8 Å². The fourth-order valence-electron chi connectivity index (χ4n) is 4.90. The van der Waals surface area contributed by atoms with Gasteiger partial charge in [0.1, 0.15) is 17.0 Å². The lowest BCUT2D eigenvalue weighted by molar-refractivity contribution is 0.0544. The van der Waals surface area contributed by atoms with Gasteiger partial charge in [-0.15, -0.1) is 0 Å². The number of benzene rings is 1. The number of anilines is 3. The molecule has 36 heavy (non-hydrogen) atoms. The van der Waals surface area contributed by atoms with Crippen LogP contribution in [0.4, 0.5) is 22.2 Å². The Balaban J connectivity index is 1.66. The van der Waals surface area contributed by atoms with Crippen LogP contribution in [0.5, 0.6) is 0 Å². The molecule has 3 aromatic rings. The molecule has 0 aliphatic carbocycles. The van der Waals surface area contributed by atoms with Gasteiger partial charge in [0, 0.05) is 43.5 Å². The maximum atomic E-state index is 14.0. The first-order chi connectivity index (χ1) is 17.2. The standard InChI is InChI=1S/C26H29N7O3/c1-5-28-24-29-13-19-22(30-24)31-10-6-7-17(31)14-32(23(19)34)21-15-33(25(35)36-26(2,3)4)20-9-8-16(12-27)11-18(20)21/h8-9,11,13,15,17H,5-7,10,14H2,1-4H3,(H,28,29,30). The summed E-state index contributed by atoms with van der Waals surface area (Å²) in [5, 5.41) is 13.3. The van der Waals surface area contributed by atoms with E-state index in [1.807, 2.05) is 6.92 Å². The number of aromatic nitrogens is 3. The zero-order chi connectivity index (χ0) is 25.6. The van der Waals surface area contributed by atoms with Crippen LogP contribution < -0.4 is 15.1 Å². The molecular formula is C26H29N7O3. The van der Waals surface area contributed by atoms with Crippen molar-refractivity contribution in [3.05, 3.63) is 41.7 Å². The van der Waals surface area contributed by atoms with Gasteiger partial charge in [0.25, 0.3) is 5.91 Å². The van der Waals surface area contributed by atoms with Crippen LogP contribution in [0, 0.1) is 11.3 Å². The molecule has 4 heterocycles. The molecule has 1 amide bonds. The fourth-order valence-corrected chi connectivity index (χ4v) is 4.90. The Morgan fingerprint density at radius 3 is 2.86 bits per heavy atom. The third-order valence-electron chi connectivity index (χ3n) is 6.42. The van der Waals surface area contributed by atoms with Crippen molar-refractivity contribution in [1.82, 2.24) is 14.5 Å². The Bertz CT molecular complexity index is 1400. The molecule has 2 aliphatic heterocycles. The maximum Gasteiger partial charge on any atom is 0.419 e. The minimum absolute atomic E-state index is 0.0682. The predicted octanol–water partition coefficient (Wildman–Crippen LogP) is 4.15. The van der Waals surface area contributed by atoms with Gasteiger partial charge in [-0.1, -0.05) is 0 Å². The van der Waals surface area contributed by atoms with Crippen LogP contribution >= 0.6 is 0 Å². The highest BCUT2D eigenvalue weighted by atomic mass is 16.6.